The monoisotopic (exact) mass is 505 g/mol. The number of hydrogen-bond acceptors (Lipinski definition) is 4. The Labute approximate surface area is 176 Å². The second kappa shape index (κ2) is 7.46. The largest absolute Gasteiger partial charge is 0.497 e. The number of fused-ring (bicyclic) bond motifs is 1. The number of thiophene rings is 1. The Morgan fingerprint density at radius 2 is 2.00 bits per heavy atom. The molecule has 0 aliphatic carbocycles. The second-order valence-corrected chi connectivity index (χ2v) is 8.39. The second-order valence-electron chi connectivity index (χ2n) is 5.67. The summed E-state index contributed by atoms with van der Waals surface area (Å²) in [6.45, 7) is 0. The lowest BCUT2D eigenvalue weighted by Crippen LogP contribution is -2.14. The predicted octanol–water partition coefficient (Wildman–Crippen LogP) is 5.85. The highest BCUT2D eigenvalue weighted by molar-refractivity contribution is 9.11. The van der Waals surface area contributed by atoms with Gasteiger partial charge in [0.05, 0.1) is 16.5 Å². The average molecular weight is 507 g/mol. The number of hydrogen-bond donors (Lipinski definition) is 1. The first kappa shape index (κ1) is 18.2. The lowest BCUT2D eigenvalue weighted by Gasteiger charge is -2.08. The van der Waals surface area contributed by atoms with Crippen LogP contribution in [0.2, 0.25) is 0 Å². The van der Waals surface area contributed by atoms with Crippen LogP contribution in [0, 0.1) is 0 Å². The van der Waals surface area contributed by atoms with Crippen molar-refractivity contribution in [3.8, 4) is 16.3 Å². The number of ether oxygens (including phenoxy) is 1. The van der Waals surface area contributed by atoms with E-state index in [1.807, 2.05) is 34.2 Å². The van der Waals surface area contributed by atoms with Crippen molar-refractivity contribution in [2.24, 2.45) is 0 Å². The molecule has 3 aromatic heterocycles. The number of rotatable bonds is 4. The zero-order chi connectivity index (χ0) is 19.0. The van der Waals surface area contributed by atoms with E-state index in [9.17, 15) is 4.79 Å². The standard InChI is InChI=1S/C19H13Br2N3O2S/c1-26-13-6-4-11(5-7-13)19(25)23-18-16(15-3-2-8-27-15)22-17-14(21)9-12(20)10-24(17)18/h2-10H,1H3,(H,23,25). The van der Waals surface area contributed by atoms with E-state index in [1.54, 1.807) is 42.7 Å². The van der Waals surface area contributed by atoms with Crippen LogP contribution in [0.25, 0.3) is 16.2 Å². The van der Waals surface area contributed by atoms with Gasteiger partial charge in [-0.2, -0.15) is 0 Å². The number of carbonyl (C=O) groups excluding carboxylic acids is 1. The van der Waals surface area contributed by atoms with Gasteiger partial charge >= 0.3 is 0 Å². The third-order valence-electron chi connectivity index (χ3n) is 3.98. The molecule has 0 spiro atoms. The topological polar surface area (TPSA) is 55.6 Å². The Morgan fingerprint density at radius 1 is 1.22 bits per heavy atom. The van der Waals surface area contributed by atoms with E-state index in [-0.39, 0.29) is 5.91 Å². The minimum absolute atomic E-state index is 0.214. The van der Waals surface area contributed by atoms with Crippen molar-refractivity contribution in [3.05, 3.63) is 68.6 Å². The highest BCUT2D eigenvalue weighted by Gasteiger charge is 2.19. The number of amides is 1. The maximum atomic E-state index is 12.8. The molecule has 0 radical (unpaired) electrons. The van der Waals surface area contributed by atoms with Gasteiger partial charge in [0.15, 0.2) is 5.65 Å². The molecule has 0 bridgehead atoms. The Balaban J connectivity index is 1.81. The number of imidazole rings is 1. The summed E-state index contributed by atoms with van der Waals surface area (Å²) >= 11 is 8.62. The molecule has 1 N–H and O–H groups in total. The quantitative estimate of drug-likeness (QED) is 0.377. The lowest BCUT2D eigenvalue weighted by molar-refractivity contribution is 0.102. The van der Waals surface area contributed by atoms with Crippen LogP contribution >= 0.6 is 43.2 Å². The number of halogens is 2. The van der Waals surface area contributed by atoms with Crippen molar-refractivity contribution in [3.63, 3.8) is 0 Å². The Bertz CT molecular complexity index is 1120. The maximum absolute atomic E-state index is 12.8. The number of methoxy groups -OCH3 is 1. The molecule has 8 heteroatoms. The summed E-state index contributed by atoms with van der Waals surface area (Å²) in [5.41, 5.74) is 1.99. The van der Waals surface area contributed by atoms with Crippen molar-refractivity contribution in [1.82, 2.24) is 9.38 Å². The van der Waals surface area contributed by atoms with Gasteiger partial charge in [-0.15, -0.1) is 11.3 Å². The van der Waals surface area contributed by atoms with E-state index in [1.165, 1.54) is 0 Å². The van der Waals surface area contributed by atoms with Gasteiger partial charge in [0, 0.05) is 16.2 Å². The smallest absolute Gasteiger partial charge is 0.256 e. The summed E-state index contributed by atoms with van der Waals surface area (Å²) in [5, 5.41) is 5.00. The summed E-state index contributed by atoms with van der Waals surface area (Å²) in [5.74, 6) is 1.11. The van der Waals surface area contributed by atoms with Crippen molar-refractivity contribution < 1.29 is 9.53 Å². The molecule has 0 fully saturated rings. The van der Waals surface area contributed by atoms with Gasteiger partial charge in [-0.25, -0.2) is 4.98 Å². The Hall–Kier alpha value is -2.16. The van der Waals surface area contributed by atoms with Crippen LogP contribution in [0.5, 0.6) is 5.75 Å². The van der Waals surface area contributed by atoms with Gasteiger partial charge in [0.1, 0.15) is 17.3 Å². The molecule has 1 aromatic carbocycles. The van der Waals surface area contributed by atoms with Crippen LogP contribution in [0.3, 0.4) is 0 Å². The highest BCUT2D eigenvalue weighted by atomic mass is 79.9. The molecule has 0 aliphatic heterocycles. The van der Waals surface area contributed by atoms with E-state index < -0.39 is 0 Å². The number of pyridine rings is 1. The van der Waals surface area contributed by atoms with Crippen LogP contribution in [0.1, 0.15) is 10.4 Å². The third kappa shape index (κ3) is 3.52. The fourth-order valence-electron chi connectivity index (χ4n) is 2.70. The number of benzene rings is 1. The molecular weight excluding hydrogens is 494 g/mol. The van der Waals surface area contributed by atoms with Gasteiger partial charge in [0.25, 0.3) is 5.91 Å². The maximum Gasteiger partial charge on any atom is 0.256 e. The molecule has 0 saturated carbocycles. The molecule has 0 unspecified atom stereocenters. The zero-order valence-electron chi connectivity index (χ0n) is 14.1. The predicted molar refractivity (Wildman–Crippen MR) is 115 cm³/mol. The Kier molecular flexibility index (Phi) is 5.03. The molecule has 27 heavy (non-hydrogen) atoms. The van der Waals surface area contributed by atoms with E-state index in [2.05, 4.69) is 37.2 Å². The van der Waals surface area contributed by atoms with E-state index >= 15 is 0 Å². The first-order valence-electron chi connectivity index (χ1n) is 7.93. The van der Waals surface area contributed by atoms with Crippen LogP contribution in [-0.4, -0.2) is 22.4 Å². The molecule has 0 aliphatic rings. The fraction of sp³-hybridized carbons (Fsp3) is 0.0526. The molecule has 0 atom stereocenters. The van der Waals surface area contributed by atoms with Crippen LogP contribution in [0.15, 0.2) is 63.0 Å². The molecule has 1 amide bonds. The minimum atomic E-state index is -0.214. The third-order valence-corrected chi connectivity index (χ3v) is 5.87. The van der Waals surface area contributed by atoms with Gasteiger partial charge in [0.2, 0.25) is 0 Å². The number of anilines is 1. The zero-order valence-corrected chi connectivity index (χ0v) is 18.1. The van der Waals surface area contributed by atoms with Crippen molar-refractivity contribution in [2.75, 3.05) is 12.4 Å². The SMILES string of the molecule is COc1ccc(C(=O)Nc2c(-c3cccs3)nc3c(Br)cc(Br)cn23)cc1. The summed E-state index contributed by atoms with van der Waals surface area (Å²) in [6, 6.07) is 12.9. The molecular formula is C19H13Br2N3O2S. The number of nitrogens with zero attached hydrogens (tertiary/aromatic N) is 2. The summed E-state index contributed by atoms with van der Waals surface area (Å²) in [6.07, 6.45) is 1.88. The van der Waals surface area contributed by atoms with Crippen LogP contribution in [-0.2, 0) is 0 Å². The first-order chi connectivity index (χ1) is 13.1. The van der Waals surface area contributed by atoms with Gasteiger partial charge in [-0.1, -0.05) is 6.07 Å². The number of nitrogens with one attached hydrogen (secondary N) is 1. The van der Waals surface area contributed by atoms with Crippen molar-refractivity contribution >= 4 is 60.6 Å². The highest BCUT2D eigenvalue weighted by Crippen LogP contribution is 2.35. The fourth-order valence-corrected chi connectivity index (χ4v) is 4.68. The summed E-state index contributed by atoms with van der Waals surface area (Å²) in [7, 11) is 1.59. The van der Waals surface area contributed by atoms with Gasteiger partial charge in [-0.05, 0) is 73.6 Å². The lowest BCUT2D eigenvalue weighted by atomic mass is 10.2. The Morgan fingerprint density at radius 3 is 2.67 bits per heavy atom. The van der Waals surface area contributed by atoms with Crippen LogP contribution in [0.4, 0.5) is 5.82 Å². The van der Waals surface area contributed by atoms with Crippen LogP contribution < -0.4 is 10.1 Å². The molecule has 136 valence electrons. The van der Waals surface area contributed by atoms with E-state index in [0.29, 0.717) is 17.1 Å². The van der Waals surface area contributed by atoms with Gasteiger partial charge in [-0.3, -0.25) is 9.20 Å². The normalized spacial score (nSPS) is 10.9. The number of aromatic nitrogens is 2. The first-order valence-corrected chi connectivity index (χ1v) is 10.4. The minimum Gasteiger partial charge on any atom is -0.497 e. The number of carbonyl (C=O) groups is 1. The van der Waals surface area contributed by atoms with Crippen molar-refractivity contribution in [1.29, 1.82) is 0 Å². The van der Waals surface area contributed by atoms with E-state index in [4.69, 9.17) is 9.72 Å². The summed E-state index contributed by atoms with van der Waals surface area (Å²) < 4.78 is 8.72. The van der Waals surface area contributed by atoms with Crippen molar-refractivity contribution in [2.45, 2.75) is 0 Å². The average Bonchev–Trinajstić information content (AvgIpc) is 3.30. The molecule has 4 aromatic rings. The summed E-state index contributed by atoms with van der Waals surface area (Å²) in [4.78, 5) is 18.6. The van der Waals surface area contributed by atoms with Gasteiger partial charge < -0.3 is 10.1 Å². The molecule has 0 saturated heterocycles. The molecule has 4 rings (SSSR count). The molecule has 3 heterocycles. The molecule has 5 nitrogen and oxygen atoms in total. The van der Waals surface area contributed by atoms with E-state index in [0.717, 1.165) is 25.2 Å².